The number of aryl methyl sites for hydroxylation is 2. The highest BCUT2D eigenvalue weighted by atomic mass is 16.3. The van der Waals surface area contributed by atoms with E-state index in [2.05, 4.69) is 17.0 Å². The molecule has 0 saturated heterocycles. The number of phenolic OH excluding ortho intramolecular Hbond substituents is 1. The van der Waals surface area contributed by atoms with Crippen LogP contribution < -0.4 is 5.73 Å². The van der Waals surface area contributed by atoms with Gasteiger partial charge in [0.1, 0.15) is 5.75 Å². The second-order valence-electron chi connectivity index (χ2n) is 4.00. The molecule has 90 valence electrons. The number of aromatic hydroxyl groups is 1. The minimum atomic E-state index is 0.0718. The van der Waals surface area contributed by atoms with Crippen LogP contribution in [-0.4, -0.2) is 19.9 Å². The van der Waals surface area contributed by atoms with E-state index in [0.29, 0.717) is 5.69 Å². The SMILES string of the molecule is CCCc1nc(-c2ccc(N)c(O)c2)n(C)n1. The van der Waals surface area contributed by atoms with Crippen LogP contribution in [0.3, 0.4) is 0 Å². The fourth-order valence-corrected chi connectivity index (χ4v) is 1.70. The number of nitrogens with two attached hydrogens (primary N) is 1. The average molecular weight is 232 g/mol. The van der Waals surface area contributed by atoms with Crippen molar-refractivity contribution >= 4 is 5.69 Å². The van der Waals surface area contributed by atoms with E-state index in [0.717, 1.165) is 30.1 Å². The molecule has 0 bridgehead atoms. The van der Waals surface area contributed by atoms with Crippen molar-refractivity contribution in [1.82, 2.24) is 14.8 Å². The van der Waals surface area contributed by atoms with Crippen molar-refractivity contribution in [1.29, 1.82) is 0 Å². The van der Waals surface area contributed by atoms with E-state index in [1.165, 1.54) is 0 Å². The molecule has 0 amide bonds. The van der Waals surface area contributed by atoms with Crippen LogP contribution in [0, 0.1) is 0 Å². The molecule has 3 N–H and O–H groups in total. The number of aromatic nitrogens is 3. The Labute approximate surface area is 99.9 Å². The van der Waals surface area contributed by atoms with Crippen LogP contribution in [0.5, 0.6) is 5.75 Å². The zero-order valence-electron chi connectivity index (χ0n) is 10.0. The first-order chi connectivity index (χ1) is 8.11. The molecular weight excluding hydrogens is 216 g/mol. The molecule has 1 aromatic heterocycles. The molecule has 0 unspecified atom stereocenters. The Morgan fingerprint density at radius 1 is 1.41 bits per heavy atom. The molecule has 0 saturated carbocycles. The maximum Gasteiger partial charge on any atom is 0.158 e. The van der Waals surface area contributed by atoms with Crippen molar-refractivity contribution in [2.45, 2.75) is 19.8 Å². The van der Waals surface area contributed by atoms with Crippen LogP contribution in [-0.2, 0) is 13.5 Å². The summed E-state index contributed by atoms with van der Waals surface area (Å²) in [6, 6.07) is 5.10. The number of nitrogens with zero attached hydrogens (tertiary/aromatic N) is 3. The summed E-state index contributed by atoms with van der Waals surface area (Å²) >= 11 is 0. The Balaban J connectivity index is 2.41. The minimum Gasteiger partial charge on any atom is -0.506 e. The lowest BCUT2D eigenvalue weighted by Crippen LogP contribution is -1.95. The lowest BCUT2D eigenvalue weighted by atomic mass is 10.2. The molecule has 5 heteroatoms. The second kappa shape index (κ2) is 4.45. The highest BCUT2D eigenvalue weighted by Gasteiger charge is 2.10. The van der Waals surface area contributed by atoms with Gasteiger partial charge >= 0.3 is 0 Å². The van der Waals surface area contributed by atoms with Gasteiger partial charge in [-0.1, -0.05) is 6.92 Å². The third-order valence-electron chi connectivity index (χ3n) is 2.57. The van der Waals surface area contributed by atoms with Gasteiger partial charge in [0.2, 0.25) is 0 Å². The molecule has 2 aromatic rings. The highest BCUT2D eigenvalue weighted by molar-refractivity contribution is 5.64. The van der Waals surface area contributed by atoms with Crippen molar-refractivity contribution < 1.29 is 5.11 Å². The predicted molar refractivity (Wildman–Crippen MR) is 66.5 cm³/mol. The molecule has 1 heterocycles. The summed E-state index contributed by atoms with van der Waals surface area (Å²) in [7, 11) is 1.84. The summed E-state index contributed by atoms with van der Waals surface area (Å²) < 4.78 is 1.72. The summed E-state index contributed by atoms with van der Waals surface area (Å²) in [5.41, 5.74) is 6.74. The number of anilines is 1. The fraction of sp³-hybridized carbons (Fsp3) is 0.333. The lowest BCUT2D eigenvalue weighted by molar-refractivity contribution is 0.478. The number of rotatable bonds is 3. The van der Waals surface area contributed by atoms with Gasteiger partial charge in [-0.3, -0.25) is 0 Å². The molecule has 0 fully saturated rings. The third kappa shape index (κ3) is 2.22. The fourth-order valence-electron chi connectivity index (χ4n) is 1.70. The summed E-state index contributed by atoms with van der Waals surface area (Å²) in [6.45, 7) is 2.09. The molecule has 0 aliphatic heterocycles. The number of benzene rings is 1. The van der Waals surface area contributed by atoms with Crippen molar-refractivity contribution in [2.75, 3.05) is 5.73 Å². The largest absolute Gasteiger partial charge is 0.506 e. The van der Waals surface area contributed by atoms with Gasteiger partial charge in [0, 0.05) is 19.0 Å². The average Bonchev–Trinajstić information content (AvgIpc) is 2.64. The molecule has 0 aliphatic rings. The van der Waals surface area contributed by atoms with Crippen LogP contribution >= 0.6 is 0 Å². The first kappa shape index (κ1) is 11.4. The van der Waals surface area contributed by atoms with Crippen molar-refractivity contribution in [3.8, 4) is 17.1 Å². The topological polar surface area (TPSA) is 77.0 Å². The van der Waals surface area contributed by atoms with Crippen LogP contribution in [0.15, 0.2) is 18.2 Å². The number of nitrogen functional groups attached to an aromatic ring is 1. The van der Waals surface area contributed by atoms with Gasteiger partial charge in [-0.2, -0.15) is 5.10 Å². The maximum absolute atomic E-state index is 9.58. The highest BCUT2D eigenvalue weighted by Crippen LogP contribution is 2.26. The molecule has 2 rings (SSSR count). The van der Waals surface area contributed by atoms with E-state index >= 15 is 0 Å². The van der Waals surface area contributed by atoms with Gasteiger partial charge in [0.25, 0.3) is 0 Å². The van der Waals surface area contributed by atoms with Crippen LogP contribution in [0.25, 0.3) is 11.4 Å². The van der Waals surface area contributed by atoms with E-state index < -0.39 is 0 Å². The van der Waals surface area contributed by atoms with E-state index in [1.54, 1.807) is 16.8 Å². The monoisotopic (exact) mass is 232 g/mol. The van der Waals surface area contributed by atoms with Crippen LogP contribution in [0.4, 0.5) is 5.69 Å². The Kier molecular flexibility index (Phi) is 2.99. The first-order valence-electron chi connectivity index (χ1n) is 5.60. The number of hydrogen-bond donors (Lipinski definition) is 2. The zero-order chi connectivity index (χ0) is 12.4. The van der Waals surface area contributed by atoms with Gasteiger partial charge in [-0.15, -0.1) is 0 Å². The Morgan fingerprint density at radius 2 is 2.18 bits per heavy atom. The lowest BCUT2D eigenvalue weighted by Gasteiger charge is -2.02. The van der Waals surface area contributed by atoms with Crippen molar-refractivity contribution in [3.05, 3.63) is 24.0 Å². The maximum atomic E-state index is 9.58. The van der Waals surface area contributed by atoms with E-state index in [-0.39, 0.29) is 5.75 Å². The predicted octanol–water partition coefficient (Wildman–Crippen LogP) is 1.72. The van der Waals surface area contributed by atoms with Crippen molar-refractivity contribution in [3.63, 3.8) is 0 Å². The minimum absolute atomic E-state index is 0.0718. The Hall–Kier alpha value is -2.04. The standard InChI is InChI=1S/C12H16N4O/c1-3-4-11-14-12(16(2)15-11)8-5-6-9(13)10(17)7-8/h5-7,17H,3-4,13H2,1-2H3. The quantitative estimate of drug-likeness (QED) is 0.624. The van der Waals surface area contributed by atoms with Gasteiger partial charge in [0.15, 0.2) is 11.6 Å². The molecule has 0 spiro atoms. The first-order valence-corrected chi connectivity index (χ1v) is 5.60. The number of phenols is 1. The molecular formula is C12H16N4O. The summed E-state index contributed by atoms with van der Waals surface area (Å²) in [5, 5.41) is 13.9. The molecule has 1 aromatic carbocycles. The molecule has 0 atom stereocenters. The smallest absolute Gasteiger partial charge is 0.158 e. The van der Waals surface area contributed by atoms with Gasteiger partial charge in [0.05, 0.1) is 5.69 Å². The Bertz CT molecular complexity index is 533. The van der Waals surface area contributed by atoms with Gasteiger partial charge in [-0.25, -0.2) is 9.67 Å². The molecule has 0 aliphatic carbocycles. The van der Waals surface area contributed by atoms with E-state index in [1.807, 2.05) is 13.1 Å². The third-order valence-corrected chi connectivity index (χ3v) is 2.57. The van der Waals surface area contributed by atoms with Crippen LogP contribution in [0.1, 0.15) is 19.2 Å². The normalized spacial score (nSPS) is 10.7. The number of hydrogen-bond acceptors (Lipinski definition) is 4. The van der Waals surface area contributed by atoms with Crippen LogP contribution in [0.2, 0.25) is 0 Å². The Morgan fingerprint density at radius 3 is 2.82 bits per heavy atom. The molecule has 17 heavy (non-hydrogen) atoms. The second-order valence-corrected chi connectivity index (χ2v) is 4.00. The summed E-state index contributed by atoms with van der Waals surface area (Å²) in [5.74, 6) is 1.63. The zero-order valence-corrected chi connectivity index (χ0v) is 10.0. The van der Waals surface area contributed by atoms with Gasteiger partial charge < -0.3 is 10.8 Å². The molecule has 0 radical (unpaired) electrons. The van der Waals surface area contributed by atoms with Crippen molar-refractivity contribution in [2.24, 2.45) is 7.05 Å². The van der Waals surface area contributed by atoms with E-state index in [4.69, 9.17) is 5.73 Å². The summed E-state index contributed by atoms with van der Waals surface area (Å²) in [4.78, 5) is 4.44. The van der Waals surface area contributed by atoms with E-state index in [9.17, 15) is 5.11 Å². The van der Waals surface area contributed by atoms with Gasteiger partial charge in [-0.05, 0) is 24.6 Å². The molecule has 5 nitrogen and oxygen atoms in total. The summed E-state index contributed by atoms with van der Waals surface area (Å²) in [6.07, 6.45) is 1.87.